The molecule has 0 aromatic heterocycles. The molecule has 0 bridgehead atoms. The predicted octanol–water partition coefficient (Wildman–Crippen LogP) is 3.73. The topological polar surface area (TPSA) is 67.4 Å². The van der Waals surface area contributed by atoms with Crippen molar-refractivity contribution in [1.82, 2.24) is 10.9 Å². The van der Waals surface area contributed by atoms with E-state index in [4.69, 9.17) is 4.74 Å². The first kappa shape index (κ1) is 19.4. The summed E-state index contributed by atoms with van der Waals surface area (Å²) in [6.07, 6.45) is 0.180. The molecule has 0 heterocycles. The van der Waals surface area contributed by atoms with Crippen molar-refractivity contribution in [3.63, 3.8) is 0 Å². The lowest BCUT2D eigenvalue weighted by atomic mass is 10.0. The number of fused-ring (bicyclic) bond motifs is 1. The third kappa shape index (κ3) is 5.10. The number of carbonyl (C=O) groups is 2. The molecule has 0 saturated carbocycles. The van der Waals surface area contributed by atoms with E-state index < -0.39 is 5.91 Å². The van der Waals surface area contributed by atoms with Gasteiger partial charge in [-0.25, -0.2) is 0 Å². The largest absolute Gasteiger partial charge is 0.484 e. The summed E-state index contributed by atoms with van der Waals surface area (Å²) in [4.78, 5) is 24.1. The van der Waals surface area contributed by atoms with Gasteiger partial charge < -0.3 is 4.74 Å². The second-order valence-electron chi connectivity index (χ2n) is 6.92. The lowest BCUT2D eigenvalue weighted by Crippen LogP contribution is -2.44. The van der Waals surface area contributed by atoms with Gasteiger partial charge >= 0.3 is 0 Å². The SMILES string of the molecule is CC(C)c1ccc(OCC(=O)NNC(=O)Cc2cccc3ccccc23)cc1. The van der Waals surface area contributed by atoms with E-state index in [1.165, 1.54) is 5.56 Å². The molecule has 28 heavy (non-hydrogen) atoms. The van der Waals surface area contributed by atoms with Crippen molar-refractivity contribution >= 4 is 22.6 Å². The molecule has 3 aromatic carbocycles. The van der Waals surface area contributed by atoms with Crippen LogP contribution in [0.5, 0.6) is 5.75 Å². The minimum Gasteiger partial charge on any atom is -0.484 e. The van der Waals surface area contributed by atoms with E-state index in [-0.39, 0.29) is 18.9 Å². The molecular formula is C23H24N2O3. The number of hydrogen-bond donors (Lipinski definition) is 2. The summed E-state index contributed by atoms with van der Waals surface area (Å²) >= 11 is 0. The smallest absolute Gasteiger partial charge is 0.276 e. The van der Waals surface area contributed by atoms with Gasteiger partial charge in [0.1, 0.15) is 5.75 Å². The maximum atomic E-state index is 12.2. The van der Waals surface area contributed by atoms with Gasteiger partial charge in [-0.1, -0.05) is 68.4 Å². The predicted molar refractivity (Wildman–Crippen MR) is 110 cm³/mol. The van der Waals surface area contributed by atoms with Gasteiger partial charge in [0.05, 0.1) is 6.42 Å². The zero-order valence-corrected chi connectivity index (χ0v) is 16.1. The number of ether oxygens (including phenoxy) is 1. The number of hydrazine groups is 1. The molecule has 0 saturated heterocycles. The highest BCUT2D eigenvalue weighted by Crippen LogP contribution is 2.19. The van der Waals surface area contributed by atoms with Crippen LogP contribution in [0.1, 0.15) is 30.9 Å². The first-order valence-corrected chi connectivity index (χ1v) is 9.30. The molecule has 0 spiro atoms. The van der Waals surface area contributed by atoms with Crippen molar-refractivity contribution in [2.45, 2.75) is 26.2 Å². The molecule has 5 nitrogen and oxygen atoms in total. The van der Waals surface area contributed by atoms with E-state index >= 15 is 0 Å². The van der Waals surface area contributed by atoms with Gasteiger partial charge in [-0.2, -0.15) is 0 Å². The van der Waals surface area contributed by atoms with Crippen LogP contribution in [0.2, 0.25) is 0 Å². The van der Waals surface area contributed by atoms with E-state index in [9.17, 15) is 9.59 Å². The van der Waals surface area contributed by atoms with Crippen LogP contribution in [0, 0.1) is 0 Å². The van der Waals surface area contributed by atoms with Crippen molar-refractivity contribution in [1.29, 1.82) is 0 Å². The Balaban J connectivity index is 1.47. The summed E-state index contributed by atoms with van der Waals surface area (Å²) in [6.45, 7) is 4.06. The molecule has 144 valence electrons. The molecule has 2 amide bonds. The molecule has 2 N–H and O–H groups in total. The van der Waals surface area contributed by atoms with Crippen LogP contribution in [0.4, 0.5) is 0 Å². The van der Waals surface area contributed by atoms with Crippen molar-refractivity contribution in [2.24, 2.45) is 0 Å². The molecule has 3 aromatic rings. The first-order chi connectivity index (χ1) is 13.5. The molecule has 0 fully saturated rings. The molecule has 0 atom stereocenters. The van der Waals surface area contributed by atoms with Crippen LogP contribution >= 0.6 is 0 Å². The standard InChI is InChI=1S/C23H24N2O3/c1-16(2)17-10-12-20(13-11-17)28-15-23(27)25-24-22(26)14-19-8-5-7-18-6-3-4-9-21(18)19/h3-13,16H,14-15H2,1-2H3,(H,24,26)(H,25,27). The molecule has 3 rings (SSSR count). The number of hydrogen-bond acceptors (Lipinski definition) is 3. The van der Waals surface area contributed by atoms with E-state index in [1.54, 1.807) is 0 Å². The summed E-state index contributed by atoms with van der Waals surface area (Å²) in [6, 6.07) is 21.3. The minimum atomic E-state index is -0.417. The molecular weight excluding hydrogens is 352 g/mol. The average Bonchev–Trinajstić information content (AvgIpc) is 2.71. The highest BCUT2D eigenvalue weighted by Gasteiger charge is 2.09. The first-order valence-electron chi connectivity index (χ1n) is 9.30. The molecule has 0 aliphatic heterocycles. The van der Waals surface area contributed by atoms with Crippen LogP contribution in [0.25, 0.3) is 10.8 Å². The Kier molecular flexibility index (Phi) is 6.27. The lowest BCUT2D eigenvalue weighted by Gasteiger charge is -2.11. The third-order valence-electron chi connectivity index (χ3n) is 4.49. The van der Waals surface area contributed by atoms with Gasteiger partial charge in [0.2, 0.25) is 5.91 Å². The zero-order valence-electron chi connectivity index (χ0n) is 16.1. The maximum Gasteiger partial charge on any atom is 0.276 e. The second kappa shape index (κ2) is 9.04. The van der Waals surface area contributed by atoms with E-state index in [2.05, 4.69) is 24.7 Å². The molecule has 5 heteroatoms. The Bertz CT molecular complexity index is 960. The van der Waals surface area contributed by atoms with Crippen LogP contribution in [0.15, 0.2) is 66.7 Å². The van der Waals surface area contributed by atoms with Crippen molar-refractivity contribution < 1.29 is 14.3 Å². The zero-order chi connectivity index (χ0) is 19.9. The summed E-state index contributed by atoms with van der Waals surface area (Å²) in [5.74, 6) is 0.348. The molecule has 0 radical (unpaired) electrons. The van der Waals surface area contributed by atoms with E-state index in [1.807, 2.05) is 66.7 Å². The van der Waals surface area contributed by atoms with Crippen LogP contribution in [-0.2, 0) is 16.0 Å². The lowest BCUT2D eigenvalue weighted by molar-refractivity contribution is -0.129. The Hall–Kier alpha value is -3.34. The third-order valence-corrected chi connectivity index (χ3v) is 4.49. The normalized spacial score (nSPS) is 10.7. The molecule has 0 aliphatic carbocycles. The number of benzene rings is 3. The van der Waals surface area contributed by atoms with Crippen LogP contribution in [0.3, 0.4) is 0 Å². The Morgan fingerprint density at radius 3 is 2.29 bits per heavy atom. The molecule has 0 unspecified atom stereocenters. The quantitative estimate of drug-likeness (QED) is 0.644. The Morgan fingerprint density at radius 1 is 0.857 bits per heavy atom. The van der Waals surface area contributed by atoms with Gasteiger partial charge in [-0.15, -0.1) is 0 Å². The van der Waals surface area contributed by atoms with Gasteiger partial charge in [-0.3, -0.25) is 20.4 Å². The van der Waals surface area contributed by atoms with E-state index in [0.29, 0.717) is 11.7 Å². The van der Waals surface area contributed by atoms with Gasteiger partial charge in [0.25, 0.3) is 5.91 Å². The summed E-state index contributed by atoms with van der Waals surface area (Å²) in [7, 11) is 0. The van der Waals surface area contributed by atoms with Crippen molar-refractivity contribution in [3.8, 4) is 5.75 Å². The summed E-state index contributed by atoms with van der Waals surface area (Å²) in [5, 5.41) is 2.10. The van der Waals surface area contributed by atoms with Gasteiger partial charge in [0, 0.05) is 0 Å². The Morgan fingerprint density at radius 2 is 1.54 bits per heavy atom. The van der Waals surface area contributed by atoms with Crippen molar-refractivity contribution in [2.75, 3.05) is 6.61 Å². The molecule has 0 aliphatic rings. The summed E-state index contributed by atoms with van der Waals surface area (Å²) in [5.41, 5.74) is 6.94. The van der Waals surface area contributed by atoms with E-state index in [0.717, 1.165) is 16.3 Å². The van der Waals surface area contributed by atoms with Gasteiger partial charge in [-0.05, 0) is 39.9 Å². The minimum absolute atomic E-state index is 0.171. The Labute approximate surface area is 164 Å². The fourth-order valence-corrected chi connectivity index (χ4v) is 2.94. The number of amides is 2. The fourth-order valence-electron chi connectivity index (χ4n) is 2.94. The second-order valence-corrected chi connectivity index (χ2v) is 6.92. The monoisotopic (exact) mass is 376 g/mol. The van der Waals surface area contributed by atoms with Crippen LogP contribution < -0.4 is 15.6 Å². The van der Waals surface area contributed by atoms with Gasteiger partial charge in [0.15, 0.2) is 6.61 Å². The number of rotatable bonds is 6. The van der Waals surface area contributed by atoms with Crippen molar-refractivity contribution in [3.05, 3.63) is 77.9 Å². The highest BCUT2D eigenvalue weighted by molar-refractivity contribution is 5.91. The number of carbonyl (C=O) groups excluding carboxylic acids is 2. The van der Waals surface area contributed by atoms with Crippen LogP contribution in [-0.4, -0.2) is 18.4 Å². The highest BCUT2D eigenvalue weighted by atomic mass is 16.5. The summed E-state index contributed by atoms with van der Waals surface area (Å²) < 4.78 is 5.45. The maximum absolute atomic E-state index is 12.2. The number of nitrogens with one attached hydrogen (secondary N) is 2. The average molecular weight is 376 g/mol. The fraction of sp³-hybridized carbons (Fsp3) is 0.217.